The van der Waals surface area contributed by atoms with Crippen molar-refractivity contribution in [3.63, 3.8) is 0 Å². The van der Waals surface area contributed by atoms with Gasteiger partial charge in [-0.3, -0.25) is 0 Å². The summed E-state index contributed by atoms with van der Waals surface area (Å²) in [4.78, 5) is 0. The van der Waals surface area contributed by atoms with Crippen molar-refractivity contribution < 1.29 is 10.2 Å². The summed E-state index contributed by atoms with van der Waals surface area (Å²) >= 11 is 0. The van der Waals surface area contributed by atoms with E-state index in [0.717, 1.165) is 30.4 Å². The minimum Gasteiger partial charge on any atom is -0.390 e. The van der Waals surface area contributed by atoms with Gasteiger partial charge in [0.05, 0.1) is 6.10 Å². The summed E-state index contributed by atoms with van der Waals surface area (Å²) in [5.41, 5.74) is 4.55. The van der Waals surface area contributed by atoms with Gasteiger partial charge in [-0.1, -0.05) is 64.8 Å². The molecule has 4 atom stereocenters. The van der Waals surface area contributed by atoms with Crippen LogP contribution < -0.4 is 0 Å². The molecular weight excluding hydrogens is 284 g/mol. The fraction of sp³-hybridized carbons (Fsp3) is 0.619. The van der Waals surface area contributed by atoms with E-state index >= 15 is 0 Å². The van der Waals surface area contributed by atoms with E-state index in [2.05, 4.69) is 39.8 Å². The van der Waals surface area contributed by atoms with Gasteiger partial charge in [-0.25, -0.2) is 0 Å². The molecule has 2 N–H and O–H groups in total. The summed E-state index contributed by atoms with van der Waals surface area (Å²) in [5.74, 6) is 0.485. The lowest BCUT2D eigenvalue weighted by atomic mass is 9.83. The number of aliphatic hydroxyl groups is 2. The Balaban J connectivity index is 2.95. The van der Waals surface area contributed by atoms with Crippen molar-refractivity contribution in [2.24, 2.45) is 11.8 Å². The van der Waals surface area contributed by atoms with Crippen LogP contribution in [0.5, 0.6) is 0 Å². The Kier molecular flexibility index (Phi) is 8.01. The summed E-state index contributed by atoms with van der Waals surface area (Å²) in [5, 5.41) is 21.1. The summed E-state index contributed by atoms with van der Waals surface area (Å²) in [6.45, 7) is 12.5. The Hall–Kier alpha value is -1.12. The van der Waals surface area contributed by atoms with E-state index in [1.807, 2.05) is 26.0 Å². The van der Waals surface area contributed by atoms with Crippen LogP contribution in [-0.4, -0.2) is 22.4 Å². The van der Waals surface area contributed by atoms with Gasteiger partial charge >= 0.3 is 0 Å². The molecule has 0 aliphatic rings. The SMILES string of the molecule is CCCC(C)C(C)C(O)C(O)/C(C)=C/c1cccc(C)c1CC. The van der Waals surface area contributed by atoms with Crippen molar-refractivity contribution in [1.82, 2.24) is 0 Å². The first-order valence-electron chi connectivity index (χ1n) is 8.96. The smallest absolute Gasteiger partial charge is 0.101 e. The van der Waals surface area contributed by atoms with Gasteiger partial charge in [-0.15, -0.1) is 0 Å². The minimum absolute atomic E-state index is 0.0801. The van der Waals surface area contributed by atoms with E-state index in [4.69, 9.17) is 0 Å². The Morgan fingerprint density at radius 2 is 1.83 bits per heavy atom. The van der Waals surface area contributed by atoms with E-state index in [1.165, 1.54) is 11.1 Å². The molecule has 0 fully saturated rings. The Labute approximate surface area is 142 Å². The third-order valence-electron chi connectivity index (χ3n) is 5.15. The monoisotopic (exact) mass is 318 g/mol. The average molecular weight is 319 g/mol. The van der Waals surface area contributed by atoms with Crippen LogP contribution >= 0.6 is 0 Å². The molecule has 2 heteroatoms. The quantitative estimate of drug-likeness (QED) is 0.726. The first-order valence-corrected chi connectivity index (χ1v) is 8.96. The van der Waals surface area contributed by atoms with E-state index in [9.17, 15) is 10.2 Å². The van der Waals surface area contributed by atoms with Crippen molar-refractivity contribution in [2.45, 2.75) is 73.0 Å². The predicted molar refractivity (Wildman–Crippen MR) is 99.5 cm³/mol. The molecular formula is C21H34O2. The van der Waals surface area contributed by atoms with Crippen molar-refractivity contribution >= 4 is 6.08 Å². The maximum atomic E-state index is 10.5. The number of hydrogen-bond donors (Lipinski definition) is 2. The van der Waals surface area contributed by atoms with Gasteiger partial charge in [0.2, 0.25) is 0 Å². The van der Waals surface area contributed by atoms with Crippen LogP contribution in [0.1, 0.15) is 64.2 Å². The fourth-order valence-electron chi connectivity index (χ4n) is 3.29. The van der Waals surface area contributed by atoms with E-state index in [1.54, 1.807) is 0 Å². The number of aryl methyl sites for hydroxylation is 1. The van der Waals surface area contributed by atoms with Gasteiger partial charge in [-0.05, 0) is 54.4 Å². The predicted octanol–water partition coefficient (Wildman–Crippen LogP) is 4.75. The highest BCUT2D eigenvalue weighted by atomic mass is 16.3. The molecule has 0 heterocycles. The summed E-state index contributed by atoms with van der Waals surface area (Å²) in [6.07, 6.45) is 3.64. The summed E-state index contributed by atoms with van der Waals surface area (Å²) in [7, 11) is 0. The lowest BCUT2D eigenvalue weighted by Gasteiger charge is -2.29. The second kappa shape index (κ2) is 9.24. The topological polar surface area (TPSA) is 40.5 Å². The molecule has 0 bridgehead atoms. The van der Waals surface area contributed by atoms with Gasteiger partial charge in [0.1, 0.15) is 6.10 Å². The third-order valence-corrected chi connectivity index (χ3v) is 5.15. The zero-order chi connectivity index (χ0) is 17.6. The Bertz CT molecular complexity index is 519. The van der Waals surface area contributed by atoms with Crippen molar-refractivity contribution in [3.05, 3.63) is 40.5 Å². The molecule has 0 spiro atoms. The summed E-state index contributed by atoms with van der Waals surface area (Å²) in [6, 6.07) is 6.24. The van der Waals surface area contributed by atoms with Gasteiger partial charge in [0.25, 0.3) is 0 Å². The first kappa shape index (κ1) is 19.9. The number of rotatable bonds is 8. The molecule has 23 heavy (non-hydrogen) atoms. The molecule has 130 valence electrons. The average Bonchev–Trinajstić information content (AvgIpc) is 2.53. The van der Waals surface area contributed by atoms with E-state index in [0.29, 0.717) is 5.92 Å². The molecule has 1 aromatic carbocycles. The molecule has 0 saturated heterocycles. The van der Waals surface area contributed by atoms with Crippen LogP contribution in [0.4, 0.5) is 0 Å². The second-order valence-corrected chi connectivity index (χ2v) is 6.95. The van der Waals surface area contributed by atoms with Crippen LogP contribution in [0.25, 0.3) is 6.08 Å². The van der Waals surface area contributed by atoms with Crippen LogP contribution in [0.15, 0.2) is 23.8 Å². The van der Waals surface area contributed by atoms with Crippen LogP contribution in [0.2, 0.25) is 0 Å². The standard InChI is InChI=1S/C21H34O2/c1-7-10-14(3)17(6)21(23)20(22)16(5)13-18-12-9-11-15(4)19(18)8-2/h9,11-14,17,20-23H,7-8,10H2,1-6H3/b16-13+. The molecule has 0 aliphatic heterocycles. The Morgan fingerprint density at radius 1 is 1.17 bits per heavy atom. The molecule has 0 saturated carbocycles. The van der Waals surface area contributed by atoms with E-state index < -0.39 is 12.2 Å². The minimum atomic E-state index is -0.811. The molecule has 1 rings (SSSR count). The van der Waals surface area contributed by atoms with Gasteiger partial charge < -0.3 is 10.2 Å². The fourth-order valence-corrected chi connectivity index (χ4v) is 3.29. The highest BCUT2D eigenvalue weighted by Crippen LogP contribution is 2.26. The van der Waals surface area contributed by atoms with E-state index in [-0.39, 0.29) is 5.92 Å². The maximum Gasteiger partial charge on any atom is 0.101 e. The van der Waals surface area contributed by atoms with Crippen LogP contribution in [-0.2, 0) is 6.42 Å². The van der Waals surface area contributed by atoms with Crippen LogP contribution in [0, 0.1) is 18.8 Å². The zero-order valence-corrected chi connectivity index (χ0v) is 15.6. The third kappa shape index (κ3) is 5.19. The van der Waals surface area contributed by atoms with Gasteiger partial charge in [-0.2, -0.15) is 0 Å². The van der Waals surface area contributed by atoms with Gasteiger partial charge in [0, 0.05) is 0 Å². The Morgan fingerprint density at radius 3 is 2.39 bits per heavy atom. The van der Waals surface area contributed by atoms with Crippen LogP contribution in [0.3, 0.4) is 0 Å². The van der Waals surface area contributed by atoms with Gasteiger partial charge in [0.15, 0.2) is 0 Å². The zero-order valence-electron chi connectivity index (χ0n) is 15.6. The number of benzene rings is 1. The summed E-state index contributed by atoms with van der Waals surface area (Å²) < 4.78 is 0. The normalized spacial score (nSPS) is 17.7. The van der Waals surface area contributed by atoms with Crippen molar-refractivity contribution in [3.8, 4) is 0 Å². The molecule has 0 aliphatic carbocycles. The highest BCUT2D eigenvalue weighted by Gasteiger charge is 2.27. The van der Waals surface area contributed by atoms with Crippen molar-refractivity contribution in [2.75, 3.05) is 0 Å². The molecule has 0 radical (unpaired) electrons. The lowest BCUT2D eigenvalue weighted by Crippen LogP contribution is -2.36. The second-order valence-electron chi connectivity index (χ2n) is 6.95. The molecule has 0 aromatic heterocycles. The lowest BCUT2D eigenvalue weighted by molar-refractivity contribution is -0.00904. The largest absolute Gasteiger partial charge is 0.390 e. The molecule has 4 unspecified atom stereocenters. The number of hydrogen-bond acceptors (Lipinski definition) is 2. The maximum absolute atomic E-state index is 10.5. The highest BCUT2D eigenvalue weighted by molar-refractivity contribution is 5.59. The molecule has 0 amide bonds. The first-order chi connectivity index (χ1) is 10.8. The van der Waals surface area contributed by atoms with Crippen molar-refractivity contribution in [1.29, 1.82) is 0 Å². The molecule has 1 aromatic rings. The number of aliphatic hydroxyl groups excluding tert-OH is 2. The molecule has 2 nitrogen and oxygen atoms in total.